The minimum atomic E-state index is -0.444. The highest BCUT2D eigenvalue weighted by atomic mass is 79.9. The number of fused-ring (bicyclic) bond motifs is 1. The van der Waals surface area contributed by atoms with E-state index in [4.69, 9.17) is 4.74 Å². The molecule has 1 atom stereocenters. The number of hydrogen-bond acceptors (Lipinski definition) is 5. The minimum Gasteiger partial charge on any atom is -0.467 e. The molecule has 1 unspecified atom stereocenters. The van der Waals surface area contributed by atoms with Crippen LogP contribution < -0.4 is 5.32 Å². The number of methoxy groups -OCH3 is 1. The number of esters is 1. The number of nitrogens with zero attached hydrogens (tertiary/aromatic N) is 3. The number of aromatic nitrogens is 3. The first-order chi connectivity index (χ1) is 9.49. The van der Waals surface area contributed by atoms with E-state index in [0.717, 1.165) is 4.47 Å². The number of halogens is 1. The second-order valence-electron chi connectivity index (χ2n) is 4.94. The van der Waals surface area contributed by atoms with Crippen LogP contribution in [-0.2, 0) is 9.53 Å². The van der Waals surface area contributed by atoms with Crippen LogP contribution in [0.1, 0.15) is 20.3 Å². The topological polar surface area (TPSA) is 68.5 Å². The zero-order valence-corrected chi connectivity index (χ0v) is 13.2. The van der Waals surface area contributed by atoms with Crippen LogP contribution in [0.15, 0.2) is 22.8 Å². The summed E-state index contributed by atoms with van der Waals surface area (Å²) >= 11 is 3.38. The van der Waals surface area contributed by atoms with E-state index in [1.165, 1.54) is 7.11 Å². The summed E-state index contributed by atoms with van der Waals surface area (Å²) in [5.74, 6) is 0.468. The lowest BCUT2D eigenvalue weighted by molar-refractivity contribution is -0.141. The van der Waals surface area contributed by atoms with Gasteiger partial charge in [-0.1, -0.05) is 13.8 Å². The fraction of sp³-hybridized carbons (Fsp3) is 0.462. The van der Waals surface area contributed by atoms with Crippen molar-refractivity contribution in [3.63, 3.8) is 0 Å². The number of pyridine rings is 1. The zero-order chi connectivity index (χ0) is 14.7. The number of carbonyl (C=O) groups is 1. The molecule has 0 spiro atoms. The first-order valence-corrected chi connectivity index (χ1v) is 7.15. The average Bonchev–Trinajstić information content (AvgIpc) is 2.77. The Morgan fingerprint density at radius 2 is 2.25 bits per heavy atom. The Bertz CT molecular complexity index is 611. The van der Waals surface area contributed by atoms with Gasteiger partial charge in [0, 0.05) is 10.7 Å². The van der Waals surface area contributed by atoms with Crippen molar-refractivity contribution >= 4 is 33.5 Å². The van der Waals surface area contributed by atoms with Crippen molar-refractivity contribution in [3.05, 3.63) is 22.8 Å². The molecule has 1 N–H and O–H groups in total. The van der Waals surface area contributed by atoms with E-state index in [-0.39, 0.29) is 5.97 Å². The lowest BCUT2D eigenvalue weighted by atomic mass is 10.0. The molecular formula is C13H17BrN4O2. The average molecular weight is 341 g/mol. The minimum absolute atomic E-state index is 0.307. The van der Waals surface area contributed by atoms with Crippen LogP contribution in [0.25, 0.3) is 5.65 Å². The number of carbonyl (C=O) groups excluding carboxylic acids is 1. The van der Waals surface area contributed by atoms with Gasteiger partial charge in [-0.2, -0.15) is 4.98 Å². The van der Waals surface area contributed by atoms with E-state index in [1.54, 1.807) is 4.52 Å². The lowest BCUT2D eigenvalue weighted by Crippen LogP contribution is -2.32. The molecule has 0 saturated heterocycles. The zero-order valence-electron chi connectivity index (χ0n) is 11.6. The van der Waals surface area contributed by atoms with Crippen LogP contribution in [0.4, 0.5) is 5.95 Å². The van der Waals surface area contributed by atoms with Gasteiger partial charge in [-0.05, 0) is 40.4 Å². The van der Waals surface area contributed by atoms with Crippen molar-refractivity contribution in [1.29, 1.82) is 0 Å². The Kier molecular flexibility index (Phi) is 4.59. The van der Waals surface area contributed by atoms with E-state index in [0.29, 0.717) is 23.9 Å². The molecule has 20 heavy (non-hydrogen) atoms. The van der Waals surface area contributed by atoms with E-state index < -0.39 is 6.04 Å². The molecule has 0 aliphatic rings. The van der Waals surface area contributed by atoms with Crippen LogP contribution >= 0.6 is 15.9 Å². The summed E-state index contributed by atoms with van der Waals surface area (Å²) in [5.41, 5.74) is 0.712. The van der Waals surface area contributed by atoms with Gasteiger partial charge in [0.2, 0.25) is 5.95 Å². The SMILES string of the molecule is COC(=O)C(CC(C)C)Nc1nc2ccc(Br)cn2n1. The maximum Gasteiger partial charge on any atom is 0.328 e. The third-order valence-corrected chi connectivity index (χ3v) is 3.26. The molecule has 7 heteroatoms. The summed E-state index contributed by atoms with van der Waals surface area (Å²) in [4.78, 5) is 16.1. The molecule has 6 nitrogen and oxygen atoms in total. The smallest absolute Gasteiger partial charge is 0.328 e. The Labute approximate surface area is 125 Å². The molecule has 0 aromatic carbocycles. The lowest BCUT2D eigenvalue weighted by Gasteiger charge is -2.16. The van der Waals surface area contributed by atoms with Gasteiger partial charge < -0.3 is 10.1 Å². The van der Waals surface area contributed by atoms with Crippen molar-refractivity contribution in [1.82, 2.24) is 14.6 Å². The van der Waals surface area contributed by atoms with Crippen molar-refractivity contribution in [2.75, 3.05) is 12.4 Å². The number of anilines is 1. The summed E-state index contributed by atoms with van der Waals surface area (Å²) in [7, 11) is 1.38. The number of ether oxygens (including phenoxy) is 1. The predicted octanol–water partition coefficient (Wildman–Crippen LogP) is 2.49. The van der Waals surface area contributed by atoms with Gasteiger partial charge >= 0.3 is 5.97 Å². The van der Waals surface area contributed by atoms with Gasteiger partial charge in [-0.3, -0.25) is 0 Å². The standard InChI is InChI=1S/C13H17BrN4O2/c1-8(2)6-10(12(19)20-3)15-13-16-11-5-4-9(14)7-18(11)17-13/h4-5,7-8,10H,6H2,1-3H3,(H,15,17). The van der Waals surface area contributed by atoms with Gasteiger partial charge in [-0.25, -0.2) is 9.31 Å². The molecule has 2 heterocycles. The van der Waals surface area contributed by atoms with Gasteiger partial charge in [-0.15, -0.1) is 5.10 Å². The van der Waals surface area contributed by atoms with Crippen molar-refractivity contribution in [3.8, 4) is 0 Å². The maximum absolute atomic E-state index is 11.8. The molecule has 0 aliphatic heterocycles. The highest BCUT2D eigenvalue weighted by Gasteiger charge is 2.21. The Morgan fingerprint density at radius 3 is 2.90 bits per heavy atom. The highest BCUT2D eigenvalue weighted by molar-refractivity contribution is 9.10. The van der Waals surface area contributed by atoms with Crippen molar-refractivity contribution < 1.29 is 9.53 Å². The van der Waals surface area contributed by atoms with Crippen molar-refractivity contribution in [2.45, 2.75) is 26.3 Å². The van der Waals surface area contributed by atoms with Crippen molar-refractivity contribution in [2.24, 2.45) is 5.92 Å². The molecule has 108 valence electrons. The Balaban J connectivity index is 2.21. The van der Waals surface area contributed by atoms with Crippen LogP contribution in [-0.4, -0.2) is 33.7 Å². The molecular weight excluding hydrogens is 324 g/mol. The summed E-state index contributed by atoms with van der Waals surface area (Å²) < 4.78 is 7.37. The molecule has 0 saturated carbocycles. The summed E-state index contributed by atoms with van der Waals surface area (Å²) in [6.07, 6.45) is 2.47. The first-order valence-electron chi connectivity index (χ1n) is 6.36. The number of rotatable bonds is 5. The highest BCUT2D eigenvalue weighted by Crippen LogP contribution is 2.15. The van der Waals surface area contributed by atoms with Crippen LogP contribution in [0.5, 0.6) is 0 Å². The van der Waals surface area contributed by atoms with E-state index >= 15 is 0 Å². The molecule has 0 amide bonds. The number of nitrogens with one attached hydrogen (secondary N) is 1. The molecule has 0 radical (unpaired) electrons. The second-order valence-corrected chi connectivity index (χ2v) is 5.85. The first kappa shape index (κ1) is 14.8. The van der Waals surface area contributed by atoms with Crippen LogP contribution in [0, 0.1) is 5.92 Å². The molecule has 0 fully saturated rings. The van der Waals surface area contributed by atoms with Gasteiger partial charge in [0.1, 0.15) is 6.04 Å². The van der Waals surface area contributed by atoms with Crippen LogP contribution in [0.2, 0.25) is 0 Å². The quantitative estimate of drug-likeness (QED) is 0.847. The molecule has 2 aromatic heterocycles. The van der Waals surface area contributed by atoms with Gasteiger partial charge in [0.15, 0.2) is 5.65 Å². The molecule has 0 aliphatic carbocycles. The fourth-order valence-electron chi connectivity index (χ4n) is 1.90. The third-order valence-electron chi connectivity index (χ3n) is 2.79. The molecule has 2 aromatic rings. The number of hydrogen-bond donors (Lipinski definition) is 1. The normalized spacial score (nSPS) is 12.7. The van der Waals surface area contributed by atoms with E-state index in [2.05, 4.69) is 31.3 Å². The summed E-state index contributed by atoms with van der Waals surface area (Å²) in [5, 5.41) is 7.33. The summed E-state index contributed by atoms with van der Waals surface area (Å²) in [6, 6.07) is 3.29. The molecule has 0 bridgehead atoms. The molecule has 2 rings (SSSR count). The van der Waals surface area contributed by atoms with E-state index in [1.807, 2.05) is 32.2 Å². The summed E-state index contributed by atoms with van der Waals surface area (Å²) in [6.45, 7) is 4.09. The van der Waals surface area contributed by atoms with Gasteiger partial charge in [0.25, 0.3) is 0 Å². The van der Waals surface area contributed by atoms with Crippen LogP contribution in [0.3, 0.4) is 0 Å². The second kappa shape index (κ2) is 6.21. The largest absolute Gasteiger partial charge is 0.467 e. The van der Waals surface area contributed by atoms with E-state index in [9.17, 15) is 4.79 Å². The van der Waals surface area contributed by atoms with Gasteiger partial charge in [0.05, 0.1) is 7.11 Å². The maximum atomic E-state index is 11.8. The monoisotopic (exact) mass is 340 g/mol. The fourth-order valence-corrected chi connectivity index (χ4v) is 2.23. The Morgan fingerprint density at radius 1 is 1.50 bits per heavy atom. The third kappa shape index (κ3) is 3.47. The Hall–Kier alpha value is -1.63. The predicted molar refractivity (Wildman–Crippen MR) is 79.6 cm³/mol.